The van der Waals surface area contributed by atoms with E-state index in [-0.39, 0.29) is 6.10 Å². The van der Waals surface area contributed by atoms with Crippen LogP contribution < -0.4 is 10.5 Å². The summed E-state index contributed by atoms with van der Waals surface area (Å²) < 4.78 is 6.36. The zero-order chi connectivity index (χ0) is 14.8. The van der Waals surface area contributed by atoms with Crippen molar-refractivity contribution in [2.45, 2.75) is 32.3 Å². The first kappa shape index (κ1) is 14.7. The van der Waals surface area contributed by atoms with Crippen LogP contribution in [-0.2, 0) is 0 Å². The fourth-order valence-electron chi connectivity index (χ4n) is 3.31. The van der Waals surface area contributed by atoms with E-state index in [0.29, 0.717) is 18.4 Å². The average molecular weight is 304 g/mol. The molecule has 0 radical (unpaired) electrons. The van der Waals surface area contributed by atoms with E-state index < -0.39 is 0 Å². The molecule has 0 amide bonds. The lowest BCUT2D eigenvalue weighted by Gasteiger charge is -2.34. The Morgan fingerprint density at radius 2 is 1.90 bits per heavy atom. The van der Waals surface area contributed by atoms with Crippen molar-refractivity contribution in [1.82, 2.24) is 0 Å². The van der Waals surface area contributed by atoms with Gasteiger partial charge in [-0.3, -0.25) is 0 Å². The van der Waals surface area contributed by atoms with Crippen LogP contribution in [0.5, 0.6) is 5.75 Å². The zero-order valence-electron chi connectivity index (χ0n) is 12.4. The molecular formula is C18H22ClNO. The lowest BCUT2D eigenvalue weighted by molar-refractivity contribution is 0.0755. The highest BCUT2D eigenvalue weighted by Gasteiger charge is 2.29. The third-order valence-corrected chi connectivity index (χ3v) is 4.93. The minimum absolute atomic E-state index is 0.211. The molecule has 0 bridgehead atoms. The van der Waals surface area contributed by atoms with Gasteiger partial charge in [0.2, 0.25) is 0 Å². The molecule has 1 fully saturated rings. The predicted molar refractivity (Wildman–Crippen MR) is 88.9 cm³/mol. The summed E-state index contributed by atoms with van der Waals surface area (Å²) in [4.78, 5) is 0. The monoisotopic (exact) mass is 303 g/mol. The summed E-state index contributed by atoms with van der Waals surface area (Å²) in [6.45, 7) is 2.99. The first-order chi connectivity index (χ1) is 10.2. The highest BCUT2D eigenvalue weighted by molar-refractivity contribution is 6.35. The van der Waals surface area contributed by atoms with Crippen LogP contribution in [0.15, 0.2) is 36.4 Å². The number of benzene rings is 2. The molecule has 1 aliphatic carbocycles. The SMILES string of the molecule is CC1CCC(CN)C(Oc2ccc(Cl)c3ccccc23)C1. The van der Waals surface area contributed by atoms with Crippen LogP contribution in [0.1, 0.15) is 26.2 Å². The van der Waals surface area contributed by atoms with Gasteiger partial charge >= 0.3 is 0 Å². The molecule has 3 atom stereocenters. The maximum absolute atomic E-state index is 6.36. The third kappa shape index (κ3) is 3.02. The van der Waals surface area contributed by atoms with Gasteiger partial charge in [-0.1, -0.05) is 49.2 Å². The smallest absolute Gasteiger partial charge is 0.127 e. The van der Waals surface area contributed by atoms with E-state index in [1.54, 1.807) is 0 Å². The van der Waals surface area contributed by atoms with Crippen molar-refractivity contribution in [3.63, 3.8) is 0 Å². The Hall–Kier alpha value is -1.25. The Bertz CT molecular complexity index is 628. The van der Waals surface area contributed by atoms with Crippen LogP contribution in [0.3, 0.4) is 0 Å². The van der Waals surface area contributed by atoms with Crippen molar-refractivity contribution in [1.29, 1.82) is 0 Å². The normalized spacial score (nSPS) is 26.0. The summed E-state index contributed by atoms with van der Waals surface area (Å²) in [5.74, 6) is 2.08. The van der Waals surface area contributed by atoms with E-state index in [1.165, 1.54) is 6.42 Å². The largest absolute Gasteiger partial charge is 0.489 e. The number of halogens is 1. The van der Waals surface area contributed by atoms with Crippen molar-refractivity contribution < 1.29 is 4.74 Å². The first-order valence-electron chi connectivity index (χ1n) is 7.73. The topological polar surface area (TPSA) is 35.2 Å². The second-order valence-electron chi connectivity index (χ2n) is 6.16. The van der Waals surface area contributed by atoms with Gasteiger partial charge in [-0.05, 0) is 37.4 Å². The van der Waals surface area contributed by atoms with Crippen LogP contribution in [0.25, 0.3) is 10.8 Å². The van der Waals surface area contributed by atoms with Crippen LogP contribution in [0.4, 0.5) is 0 Å². The Morgan fingerprint density at radius 3 is 2.67 bits per heavy atom. The molecule has 21 heavy (non-hydrogen) atoms. The molecule has 0 aliphatic heterocycles. The number of nitrogens with two attached hydrogens (primary N) is 1. The molecule has 2 nitrogen and oxygen atoms in total. The van der Waals surface area contributed by atoms with E-state index >= 15 is 0 Å². The summed E-state index contributed by atoms with van der Waals surface area (Å²) in [6.07, 6.45) is 3.71. The molecule has 1 saturated carbocycles. The van der Waals surface area contributed by atoms with Crippen LogP contribution in [0, 0.1) is 11.8 Å². The Kier molecular flexibility index (Phi) is 4.37. The molecule has 112 valence electrons. The summed E-state index contributed by atoms with van der Waals surface area (Å²) in [7, 11) is 0. The fraction of sp³-hybridized carbons (Fsp3) is 0.444. The van der Waals surface area contributed by atoms with Gasteiger partial charge in [-0.15, -0.1) is 0 Å². The molecular weight excluding hydrogens is 282 g/mol. The molecule has 2 aromatic rings. The minimum atomic E-state index is 0.211. The standard InChI is InChI=1S/C18H22ClNO/c1-12-6-7-13(11-20)18(10-12)21-17-9-8-16(19)14-4-2-3-5-15(14)17/h2-5,8-9,12-13,18H,6-7,10-11,20H2,1H3. The molecule has 3 unspecified atom stereocenters. The molecule has 0 spiro atoms. The molecule has 0 aromatic heterocycles. The summed E-state index contributed by atoms with van der Waals surface area (Å²) >= 11 is 6.28. The molecule has 3 heteroatoms. The van der Waals surface area contributed by atoms with Crippen LogP contribution in [-0.4, -0.2) is 12.6 Å². The summed E-state index contributed by atoms with van der Waals surface area (Å²) in [5.41, 5.74) is 5.93. The van der Waals surface area contributed by atoms with Gasteiger partial charge in [-0.2, -0.15) is 0 Å². The van der Waals surface area contributed by atoms with Gasteiger partial charge in [0.05, 0.1) is 0 Å². The van der Waals surface area contributed by atoms with Gasteiger partial charge in [-0.25, -0.2) is 0 Å². The van der Waals surface area contributed by atoms with E-state index in [2.05, 4.69) is 13.0 Å². The Morgan fingerprint density at radius 1 is 1.14 bits per heavy atom. The van der Waals surface area contributed by atoms with Gasteiger partial charge in [0.25, 0.3) is 0 Å². The maximum Gasteiger partial charge on any atom is 0.127 e. The van der Waals surface area contributed by atoms with E-state index in [4.69, 9.17) is 22.1 Å². The second kappa shape index (κ2) is 6.25. The fourth-order valence-corrected chi connectivity index (χ4v) is 3.53. The molecule has 2 aromatic carbocycles. The lowest BCUT2D eigenvalue weighted by atomic mass is 9.80. The van der Waals surface area contributed by atoms with E-state index in [1.807, 2.05) is 30.3 Å². The average Bonchev–Trinajstić information content (AvgIpc) is 2.51. The van der Waals surface area contributed by atoms with Crippen molar-refractivity contribution in [2.24, 2.45) is 17.6 Å². The quantitative estimate of drug-likeness (QED) is 0.897. The Labute approximate surface area is 131 Å². The minimum Gasteiger partial charge on any atom is -0.489 e. The number of rotatable bonds is 3. The van der Waals surface area contributed by atoms with Crippen molar-refractivity contribution in [3.05, 3.63) is 41.4 Å². The number of hydrogen-bond donors (Lipinski definition) is 1. The molecule has 1 aliphatic rings. The lowest BCUT2D eigenvalue weighted by Crippen LogP contribution is -2.37. The van der Waals surface area contributed by atoms with Gasteiger partial charge in [0, 0.05) is 21.7 Å². The van der Waals surface area contributed by atoms with Gasteiger partial charge in [0.15, 0.2) is 0 Å². The van der Waals surface area contributed by atoms with Crippen LogP contribution >= 0.6 is 11.6 Å². The summed E-state index contributed by atoms with van der Waals surface area (Å²) in [6, 6.07) is 12.0. The van der Waals surface area contributed by atoms with Crippen molar-refractivity contribution >= 4 is 22.4 Å². The Balaban J connectivity index is 1.92. The predicted octanol–water partition coefficient (Wildman–Crippen LogP) is 4.64. The maximum atomic E-state index is 6.36. The highest BCUT2D eigenvalue weighted by Crippen LogP contribution is 2.36. The van der Waals surface area contributed by atoms with Crippen molar-refractivity contribution in [2.75, 3.05) is 6.54 Å². The first-order valence-corrected chi connectivity index (χ1v) is 8.10. The van der Waals surface area contributed by atoms with Gasteiger partial charge in [0.1, 0.15) is 11.9 Å². The molecule has 3 rings (SSSR count). The number of ether oxygens (including phenoxy) is 1. The van der Waals surface area contributed by atoms with E-state index in [9.17, 15) is 0 Å². The second-order valence-corrected chi connectivity index (χ2v) is 6.57. The molecule has 0 heterocycles. The number of fused-ring (bicyclic) bond motifs is 1. The van der Waals surface area contributed by atoms with Crippen molar-refractivity contribution in [3.8, 4) is 5.75 Å². The highest BCUT2D eigenvalue weighted by atomic mass is 35.5. The zero-order valence-corrected chi connectivity index (χ0v) is 13.1. The molecule has 0 saturated heterocycles. The van der Waals surface area contributed by atoms with Gasteiger partial charge < -0.3 is 10.5 Å². The number of hydrogen-bond acceptors (Lipinski definition) is 2. The summed E-state index contributed by atoms with van der Waals surface area (Å²) in [5, 5.41) is 2.90. The third-order valence-electron chi connectivity index (χ3n) is 4.60. The molecule has 2 N–H and O–H groups in total. The van der Waals surface area contributed by atoms with E-state index in [0.717, 1.165) is 34.4 Å². The van der Waals surface area contributed by atoms with Crippen LogP contribution in [0.2, 0.25) is 5.02 Å².